The predicted octanol–water partition coefficient (Wildman–Crippen LogP) is 8.53. The van der Waals surface area contributed by atoms with Gasteiger partial charge in [-0.2, -0.15) is 0 Å². The molecule has 176 valence electrons. The van der Waals surface area contributed by atoms with Crippen LogP contribution in [0.5, 0.6) is 0 Å². The minimum absolute atomic E-state index is 0.153. The number of hydrogen-bond donors (Lipinski definition) is 0. The van der Waals surface area contributed by atoms with Gasteiger partial charge in [-0.05, 0) is 18.3 Å². The predicted molar refractivity (Wildman–Crippen MR) is 133 cm³/mol. The Bertz CT molecular complexity index is 354. The van der Waals surface area contributed by atoms with E-state index in [4.69, 9.17) is 13.3 Å². The van der Waals surface area contributed by atoms with Gasteiger partial charge in [0.1, 0.15) is 0 Å². The summed E-state index contributed by atoms with van der Waals surface area (Å²) in [6.45, 7) is 7.01. The first-order valence-electron chi connectivity index (χ1n) is 12.2. The number of halogens is 1. The molecule has 0 aromatic heterocycles. The largest absolute Gasteiger partial charge is 0.503 e. The molecular formula is C24H51BrO3Si. The van der Waals surface area contributed by atoms with Crippen molar-refractivity contribution in [1.29, 1.82) is 0 Å². The van der Waals surface area contributed by atoms with Crippen molar-refractivity contribution < 1.29 is 13.3 Å². The van der Waals surface area contributed by atoms with E-state index in [0.29, 0.717) is 5.54 Å². The van der Waals surface area contributed by atoms with Crippen LogP contribution >= 0.6 is 15.9 Å². The molecule has 1 unspecified atom stereocenters. The van der Waals surface area contributed by atoms with Gasteiger partial charge in [0.25, 0.3) is 0 Å². The van der Waals surface area contributed by atoms with E-state index in [1.807, 2.05) is 0 Å². The van der Waals surface area contributed by atoms with Crippen LogP contribution in [0.1, 0.15) is 117 Å². The van der Waals surface area contributed by atoms with E-state index >= 15 is 0 Å². The average molecular weight is 496 g/mol. The van der Waals surface area contributed by atoms with E-state index in [0.717, 1.165) is 11.8 Å². The summed E-state index contributed by atoms with van der Waals surface area (Å²) in [4.78, 5) is 0. The standard InChI is InChI=1S/C24H51BrO3Si/c1-7-8-9-10-11-12-13-14-15-16-17-18-19-21-24(2,3)23(20-22-25)29(26-4,27-5)28-6/h23H,7-22H2,1-6H3. The monoisotopic (exact) mass is 494 g/mol. The van der Waals surface area contributed by atoms with Gasteiger partial charge in [-0.15, -0.1) is 0 Å². The highest BCUT2D eigenvalue weighted by molar-refractivity contribution is 9.09. The van der Waals surface area contributed by atoms with E-state index < -0.39 is 8.80 Å². The molecule has 0 fully saturated rings. The van der Waals surface area contributed by atoms with Crippen LogP contribution in [0.4, 0.5) is 0 Å². The van der Waals surface area contributed by atoms with Gasteiger partial charge in [0.2, 0.25) is 0 Å². The van der Waals surface area contributed by atoms with Crippen LogP contribution in [0.15, 0.2) is 0 Å². The molecule has 0 aromatic carbocycles. The summed E-state index contributed by atoms with van der Waals surface area (Å²) < 4.78 is 17.5. The molecule has 0 amide bonds. The van der Waals surface area contributed by atoms with Crippen molar-refractivity contribution in [2.75, 3.05) is 26.7 Å². The van der Waals surface area contributed by atoms with Gasteiger partial charge in [-0.3, -0.25) is 0 Å². The fraction of sp³-hybridized carbons (Fsp3) is 1.00. The van der Waals surface area contributed by atoms with Crippen LogP contribution in [0.3, 0.4) is 0 Å². The van der Waals surface area contributed by atoms with Crippen molar-refractivity contribution >= 4 is 24.7 Å². The third-order valence-corrected chi connectivity index (χ3v) is 10.6. The maximum Gasteiger partial charge on any atom is 0.503 e. The second-order valence-electron chi connectivity index (χ2n) is 9.23. The van der Waals surface area contributed by atoms with Gasteiger partial charge in [0.15, 0.2) is 0 Å². The molecule has 5 heteroatoms. The molecule has 0 heterocycles. The summed E-state index contributed by atoms with van der Waals surface area (Å²) in [6.07, 6.45) is 20.4. The summed E-state index contributed by atoms with van der Waals surface area (Å²) in [7, 11) is 2.58. The molecule has 0 spiro atoms. The van der Waals surface area contributed by atoms with Crippen molar-refractivity contribution in [3.63, 3.8) is 0 Å². The molecule has 0 N–H and O–H groups in total. The van der Waals surface area contributed by atoms with E-state index in [-0.39, 0.29) is 5.41 Å². The van der Waals surface area contributed by atoms with Gasteiger partial charge >= 0.3 is 8.80 Å². The SMILES string of the molecule is CCCCCCCCCCCCCCCC(C)(C)C(CCBr)[Si](OC)(OC)OC. The van der Waals surface area contributed by atoms with Crippen molar-refractivity contribution in [3.05, 3.63) is 0 Å². The van der Waals surface area contributed by atoms with Gasteiger partial charge < -0.3 is 13.3 Å². The van der Waals surface area contributed by atoms with Crippen LogP contribution in [0.25, 0.3) is 0 Å². The summed E-state index contributed by atoms with van der Waals surface area (Å²) in [5, 5.41) is 0.949. The Morgan fingerprint density at radius 1 is 0.690 bits per heavy atom. The van der Waals surface area contributed by atoms with Gasteiger partial charge in [-0.1, -0.05) is 120 Å². The normalized spacial score (nSPS) is 13.8. The zero-order chi connectivity index (χ0) is 22.0. The first kappa shape index (κ1) is 29.6. The molecule has 0 aliphatic rings. The highest BCUT2D eigenvalue weighted by Gasteiger charge is 2.53. The second-order valence-corrected chi connectivity index (χ2v) is 13.1. The van der Waals surface area contributed by atoms with Crippen LogP contribution in [-0.2, 0) is 13.3 Å². The molecule has 0 aromatic rings. The number of unbranched alkanes of at least 4 members (excludes halogenated alkanes) is 12. The molecule has 3 nitrogen and oxygen atoms in total. The van der Waals surface area contributed by atoms with Crippen molar-refractivity contribution in [3.8, 4) is 0 Å². The zero-order valence-electron chi connectivity index (χ0n) is 20.5. The van der Waals surface area contributed by atoms with Crippen LogP contribution in [0, 0.1) is 5.41 Å². The zero-order valence-corrected chi connectivity index (χ0v) is 23.1. The van der Waals surface area contributed by atoms with Gasteiger partial charge in [0.05, 0.1) is 0 Å². The maximum atomic E-state index is 5.83. The van der Waals surface area contributed by atoms with Crippen molar-refractivity contribution in [2.45, 2.75) is 123 Å². The van der Waals surface area contributed by atoms with E-state index in [2.05, 4.69) is 36.7 Å². The van der Waals surface area contributed by atoms with Gasteiger partial charge in [-0.25, -0.2) is 0 Å². The molecule has 0 rings (SSSR count). The Labute approximate surface area is 192 Å². The quantitative estimate of drug-likeness (QED) is 0.0907. The molecular weight excluding hydrogens is 444 g/mol. The molecule has 1 atom stereocenters. The minimum atomic E-state index is -2.64. The smallest absolute Gasteiger partial charge is 0.377 e. The number of rotatable bonds is 21. The van der Waals surface area contributed by atoms with Gasteiger partial charge in [0, 0.05) is 32.2 Å². The topological polar surface area (TPSA) is 27.7 Å². The maximum absolute atomic E-state index is 5.83. The Kier molecular flexibility index (Phi) is 18.5. The van der Waals surface area contributed by atoms with E-state index in [1.165, 1.54) is 89.9 Å². The third kappa shape index (κ3) is 12.3. The Morgan fingerprint density at radius 3 is 1.41 bits per heavy atom. The lowest BCUT2D eigenvalue weighted by atomic mass is 9.82. The lowest BCUT2D eigenvalue weighted by molar-refractivity contribution is 0.0837. The second kappa shape index (κ2) is 18.2. The lowest BCUT2D eigenvalue weighted by Crippen LogP contribution is -2.52. The average Bonchev–Trinajstić information content (AvgIpc) is 2.72. The Balaban J connectivity index is 4.03. The van der Waals surface area contributed by atoms with E-state index in [9.17, 15) is 0 Å². The Hall–Kier alpha value is 0.577. The van der Waals surface area contributed by atoms with Crippen molar-refractivity contribution in [1.82, 2.24) is 0 Å². The fourth-order valence-corrected chi connectivity index (χ4v) is 8.44. The van der Waals surface area contributed by atoms with E-state index in [1.54, 1.807) is 21.3 Å². The molecule has 0 radical (unpaired) electrons. The van der Waals surface area contributed by atoms with Crippen LogP contribution < -0.4 is 0 Å². The highest BCUT2D eigenvalue weighted by Crippen LogP contribution is 2.46. The van der Waals surface area contributed by atoms with Crippen molar-refractivity contribution in [2.24, 2.45) is 5.41 Å². The third-order valence-electron chi connectivity index (χ3n) is 6.55. The highest BCUT2D eigenvalue weighted by atomic mass is 79.9. The summed E-state index contributed by atoms with van der Waals surface area (Å²) in [6, 6.07) is 0. The first-order chi connectivity index (χ1) is 13.9. The van der Waals surface area contributed by atoms with Crippen LogP contribution in [0.2, 0.25) is 5.54 Å². The molecule has 0 saturated carbocycles. The molecule has 29 heavy (non-hydrogen) atoms. The summed E-state index contributed by atoms with van der Waals surface area (Å²) in [5.41, 5.74) is 0.464. The molecule has 0 bridgehead atoms. The summed E-state index contributed by atoms with van der Waals surface area (Å²) in [5.74, 6) is 0. The molecule has 0 aliphatic carbocycles. The molecule has 0 aliphatic heterocycles. The molecule has 0 saturated heterocycles. The fourth-order valence-electron chi connectivity index (χ4n) is 4.60. The number of alkyl halides is 1. The minimum Gasteiger partial charge on any atom is -0.377 e. The van der Waals surface area contributed by atoms with Crippen LogP contribution in [-0.4, -0.2) is 35.5 Å². The lowest BCUT2D eigenvalue weighted by Gasteiger charge is -2.42. The Morgan fingerprint density at radius 2 is 1.07 bits per heavy atom. The number of hydrogen-bond acceptors (Lipinski definition) is 3. The first-order valence-corrected chi connectivity index (χ1v) is 15.1. The summed E-state index contributed by atoms with van der Waals surface area (Å²) >= 11 is 3.62.